The van der Waals surface area contributed by atoms with Crippen LogP contribution in [0.2, 0.25) is 0 Å². The molecule has 1 amide bonds. The van der Waals surface area contributed by atoms with Crippen molar-refractivity contribution in [1.29, 1.82) is 0 Å². The van der Waals surface area contributed by atoms with Crippen LogP contribution in [0.3, 0.4) is 0 Å². The van der Waals surface area contributed by atoms with Crippen LogP contribution in [0.15, 0.2) is 30.5 Å². The molecule has 0 spiro atoms. The average Bonchev–Trinajstić information content (AvgIpc) is 2.75. The van der Waals surface area contributed by atoms with Gasteiger partial charge in [-0.05, 0) is 38.5 Å². The minimum Gasteiger partial charge on any atom is -0.396 e. The maximum absolute atomic E-state index is 12.1. The smallest absolute Gasteiger partial charge is 0.253 e. The minimum absolute atomic E-state index is 0.0766. The molecule has 20 heavy (non-hydrogen) atoms. The number of hydrogen-bond donors (Lipinski definition) is 2. The fourth-order valence-electron chi connectivity index (χ4n) is 2.21. The first-order chi connectivity index (χ1) is 9.65. The van der Waals surface area contributed by atoms with Crippen LogP contribution in [0, 0.1) is 13.8 Å². The van der Waals surface area contributed by atoms with E-state index < -0.39 is 0 Å². The molecule has 2 N–H and O–H groups in total. The number of nitrogens with zero attached hydrogens (tertiary/aromatic N) is 2. The van der Waals surface area contributed by atoms with E-state index in [1.807, 2.05) is 42.7 Å². The first kappa shape index (κ1) is 14.3. The Morgan fingerprint density at radius 3 is 2.85 bits per heavy atom. The number of carbonyl (C=O) groups excluding carboxylic acids is 1. The maximum Gasteiger partial charge on any atom is 0.253 e. The molecule has 2 aromatic rings. The van der Waals surface area contributed by atoms with Gasteiger partial charge in [0, 0.05) is 30.7 Å². The standard InChI is InChI=1S/C15H19N3O2/c1-11-10-13(15(20)17-8-5-9-19)12(2)18(11)14-6-3-4-7-16-14/h3-4,6-7,10,19H,5,8-9H2,1-2H3,(H,17,20). The largest absolute Gasteiger partial charge is 0.396 e. The van der Waals surface area contributed by atoms with Crippen molar-refractivity contribution in [2.24, 2.45) is 0 Å². The van der Waals surface area contributed by atoms with Gasteiger partial charge in [-0.15, -0.1) is 0 Å². The Morgan fingerprint density at radius 2 is 2.20 bits per heavy atom. The quantitative estimate of drug-likeness (QED) is 0.813. The topological polar surface area (TPSA) is 67.2 Å². The van der Waals surface area contributed by atoms with Gasteiger partial charge in [-0.1, -0.05) is 6.07 Å². The molecule has 0 aliphatic heterocycles. The Bertz CT molecular complexity index is 591. The number of nitrogens with one attached hydrogen (secondary N) is 1. The van der Waals surface area contributed by atoms with Gasteiger partial charge in [0.25, 0.3) is 5.91 Å². The molecule has 0 fully saturated rings. The third-order valence-corrected chi connectivity index (χ3v) is 3.17. The van der Waals surface area contributed by atoms with Gasteiger partial charge in [0.2, 0.25) is 0 Å². The molecule has 106 valence electrons. The predicted octanol–water partition coefficient (Wildman–Crippen LogP) is 1.60. The molecule has 0 aliphatic carbocycles. The fraction of sp³-hybridized carbons (Fsp3) is 0.333. The number of amides is 1. The van der Waals surface area contributed by atoms with E-state index in [0.29, 0.717) is 18.5 Å². The first-order valence-corrected chi connectivity index (χ1v) is 6.64. The molecule has 0 aliphatic rings. The van der Waals surface area contributed by atoms with Gasteiger partial charge in [0.15, 0.2) is 0 Å². The third-order valence-electron chi connectivity index (χ3n) is 3.17. The van der Waals surface area contributed by atoms with Crippen molar-refractivity contribution in [2.75, 3.05) is 13.2 Å². The molecule has 2 rings (SSSR count). The van der Waals surface area contributed by atoms with Crippen LogP contribution in [0.25, 0.3) is 5.82 Å². The number of aryl methyl sites for hydroxylation is 1. The van der Waals surface area contributed by atoms with Crippen LogP contribution in [-0.4, -0.2) is 33.7 Å². The van der Waals surface area contributed by atoms with E-state index in [-0.39, 0.29) is 12.5 Å². The Labute approximate surface area is 118 Å². The van der Waals surface area contributed by atoms with Gasteiger partial charge < -0.3 is 15.0 Å². The second-order valence-electron chi connectivity index (χ2n) is 4.64. The molecule has 5 nitrogen and oxygen atoms in total. The number of carbonyl (C=O) groups is 1. The lowest BCUT2D eigenvalue weighted by Gasteiger charge is -2.08. The van der Waals surface area contributed by atoms with Gasteiger partial charge in [-0.25, -0.2) is 4.98 Å². The lowest BCUT2D eigenvalue weighted by atomic mass is 10.2. The summed E-state index contributed by atoms with van der Waals surface area (Å²) in [7, 11) is 0. The molecule has 0 radical (unpaired) electrons. The van der Waals surface area contributed by atoms with Gasteiger partial charge >= 0.3 is 0 Å². The van der Waals surface area contributed by atoms with Crippen molar-refractivity contribution >= 4 is 5.91 Å². The summed E-state index contributed by atoms with van der Waals surface area (Å²) >= 11 is 0. The number of pyridine rings is 1. The predicted molar refractivity (Wildman–Crippen MR) is 77.1 cm³/mol. The van der Waals surface area contributed by atoms with Crippen LogP contribution < -0.4 is 5.32 Å². The summed E-state index contributed by atoms with van der Waals surface area (Å²) in [5.74, 6) is 0.686. The maximum atomic E-state index is 12.1. The van der Waals surface area contributed by atoms with Crippen molar-refractivity contribution < 1.29 is 9.90 Å². The van der Waals surface area contributed by atoms with Gasteiger partial charge in [0.05, 0.1) is 5.56 Å². The van der Waals surface area contributed by atoms with E-state index in [4.69, 9.17) is 5.11 Å². The fourth-order valence-corrected chi connectivity index (χ4v) is 2.21. The highest BCUT2D eigenvalue weighted by Crippen LogP contribution is 2.19. The lowest BCUT2D eigenvalue weighted by Crippen LogP contribution is -2.25. The van der Waals surface area contributed by atoms with Crippen molar-refractivity contribution in [2.45, 2.75) is 20.3 Å². The summed E-state index contributed by atoms with van der Waals surface area (Å²) in [5, 5.41) is 11.5. The molecule has 0 aromatic carbocycles. The van der Waals surface area contributed by atoms with E-state index in [1.54, 1.807) is 6.20 Å². The van der Waals surface area contributed by atoms with E-state index >= 15 is 0 Å². The highest BCUT2D eigenvalue weighted by Gasteiger charge is 2.16. The number of hydrogen-bond acceptors (Lipinski definition) is 3. The summed E-state index contributed by atoms with van der Waals surface area (Å²) in [4.78, 5) is 16.4. The Kier molecular flexibility index (Phi) is 4.53. The molecule has 0 atom stereocenters. The zero-order valence-corrected chi connectivity index (χ0v) is 11.8. The molecule has 0 saturated carbocycles. The van der Waals surface area contributed by atoms with E-state index in [9.17, 15) is 4.79 Å². The van der Waals surface area contributed by atoms with Crippen molar-refractivity contribution in [1.82, 2.24) is 14.9 Å². The van der Waals surface area contributed by atoms with Crippen LogP contribution in [0.4, 0.5) is 0 Å². The average molecular weight is 273 g/mol. The van der Waals surface area contributed by atoms with E-state index in [0.717, 1.165) is 17.2 Å². The zero-order chi connectivity index (χ0) is 14.5. The number of aliphatic hydroxyl groups is 1. The third kappa shape index (κ3) is 2.88. The second kappa shape index (κ2) is 6.34. The Hall–Kier alpha value is -2.14. The van der Waals surface area contributed by atoms with Gasteiger partial charge in [-0.3, -0.25) is 4.79 Å². The summed E-state index contributed by atoms with van der Waals surface area (Å²) in [6.45, 7) is 4.41. The summed E-state index contributed by atoms with van der Waals surface area (Å²) in [6.07, 6.45) is 2.29. The van der Waals surface area contributed by atoms with Crippen LogP contribution in [-0.2, 0) is 0 Å². The van der Waals surface area contributed by atoms with Crippen molar-refractivity contribution in [3.63, 3.8) is 0 Å². The van der Waals surface area contributed by atoms with Crippen molar-refractivity contribution in [3.8, 4) is 5.82 Å². The summed E-state index contributed by atoms with van der Waals surface area (Å²) < 4.78 is 1.96. The SMILES string of the molecule is Cc1cc(C(=O)NCCCO)c(C)n1-c1ccccn1. The lowest BCUT2D eigenvalue weighted by molar-refractivity contribution is 0.0950. The molecule has 0 unspecified atom stereocenters. The molecular weight excluding hydrogens is 254 g/mol. The highest BCUT2D eigenvalue weighted by atomic mass is 16.3. The van der Waals surface area contributed by atoms with Gasteiger partial charge in [0.1, 0.15) is 5.82 Å². The molecule has 0 saturated heterocycles. The molecule has 0 bridgehead atoms. The van der Waals surface area contributed by atoms with Gasteiger partial charge in [-0.2, -0.15) is 0 Å². The number of aromatic nitrogens is 2. The Morgan fingerprint density at radius 1 is 1.40 bits per heavy atom. The second-order valence-corrected chi connectivity index (χ2v) is 4.64. The van der Waals surface area contributed by atoms with Crippen LogP contribution >= 0.6 is 0 Å². The first-order valence-electron chi connectivity index (χ1n) is 6.64. The highest BCUT2D eigenvalue weighted by molar-refractivity contribution is 5.95. The van der Waals surface area contributed by atoms with E-state index in [1.165, 1.54) is 0 Å². The van der Waals surface area contributed by atoms with Crippen LogP contribution in [0.5, 0.6) is 0 Å². The van der Waals surface area contributed by atoms with Crippen molar-refractivity contribution in [3.05, 3.63) is 47.4 Å². The molecule has 2 aromatic heterocycles. The molecule has 5 heteroatoms. The normalized spacial score (nSPS) is 10.6. The minimum atomic E-state index is -0.117. The Balaban J connectivity index is 2.27. The summed E-state index contributed by atoms with van der Waals surface area (Å²) in [6, 6.07) is 7.55. The zero-order valence-electron chi connectivity index (χ0n) is 11.8. The monoisotopic (exact) mass is 273 g/mol. The number of aliphatic hydroxyl groups excluding tert-OH is 1. The molecule has 2 heterocycles. The van der Waals surface area contributed by atoms with Crippen LogP contribution in [0.1, 0.15) is 28.2 Å². The van der Waals surface area contributed by atoms with E-state index in [2.05, 4.69) is 10.3 Å². The number of rotatable bonds is 5. The summed E-state index contributed by atoms with van der Waals surface area (Å²) in [5.41, 5.74) is 2.47. The molecular formula is C15H19N3O2.